The van der Waals surface area contributed by atoms with Crippen molar-refractivity contribution in [1.82, 2.24) is 0 Å². The quantitative estimate of drug-likeness (QED) is 0.191. The molecule has 1 heteroatoms. The van der Waals surface area contributed by atoms with Crippen LogP contribution in [0.15, 0.2) is 140 Å². The van der Waals surface area contributed by atoms with Crippen molar-refractivity contribution < 1.29 is 0 Å². The summed E-state index contributed by atoms with van der Waals surface area (Å²) in [5, 5.41) is 18.6. The molecule has 10 aromatic rings. The highest BCUT2D eigenvalue weighted by Gasteiger charge is 2.25. The van der Waals surface area contributed by atoms with Gasteiger partial charge in [0.15, 0.2) is 0 Å². The third kappa shape index (κ3) is 3.33. The van der Waals surface area contributed by atoms with Gasteiger partial charge in [-0.3, -0.25) is 0 Å². The number of anilines is 3. The van der Waals surface area contributed by atoms with E-state index in [1.54, 1.807) is 0 Å². The number of fused-ring (bicyclic) bond motifs is 8. The SMILES string of the molecule is Cc1cc2cc(C)cc3c4cc5c(cc4c(c1)c23)c(N(c1ccccc1)c1ccccc1)c1c2ccccc2c2cccc5c21. The van der Waals surface area contributed by atoms with E-state index in [0.29, 0.717) is 0 Å². The maximum absolute atomic E-state index is 2.51. The second-order valence-corrected chi connectivity index (χ2v) is 12.7. The molecular formula is C44H29N. The molecule has 10 aromatic carbocycles. The van der Waals surface area contributed by atoms with Crippen molar-refractivity contribution in [1.29, 1.82) is 0 Å². The summed E-state index contributed by atoms with van der Waals surface area (Å²) in [6.45, 7) is 4.45. The number of hydrogen-bond donors (Lipinski definition) is 0. The lowest BCUT2D eigenvalue weighted by molar-refractivity contribution is 1.31. The zero-order valence-electron chi connectivity index (χ0n) is 25.2. The third-order valence-electron chi connectivity index (χ3n) is 9.91. The third-order valence-corrected chi connectivity index (χ3v) is 9.91. The van der Waals surface area contributed by atoms with Crippen LogP contribution in [0.1, 0.15) is 11.1 Å². The average molecular weight is 572 g/mol. The monoisotopic (exact) mass is 571 g/mol. The molecule has 0 amide bonds. The van der Waals surface area contributed by atoms with Crippen molar-refractivity contribution in [3.05, 3.63) is 151 Å². The lowest BCUT2D eigenvalue weighted by Crippen LogP contribution is -2.11. The fraction of sp³-hybridized carbons (Fsp3) is 0.0455. The first kappa shape index (κ1) is 24.7. The number of nitrogens with zero attached hydrogens (tertiary/aromatic N) is 1. The van der Waals surface area contributed by atoms with Crippen molar-refractivity contribution in [3.8, 4) is 0 Å². The summed E-state index contributed by atoms with van der Waals surface area (Å²) in [6, 6.07) is 52.0. The van der Waals surface area contributed by atoms with Gasteiger partial charge in [-0.2, -0.15) is 0 Å². The number of hydrogen-bond acceptors (Lipinski definition) is 1. The van der Waals surface area contributed by atoms with Crippen LogP contribution in [0.5, 0.6) is 0 Å². The Morgan fingerprint density at radius 3 is 1.42 bits per heavy atom. The van der Waals surface area contributed by atoms with E-state index in [1.165, 1.54) is 92.2 Å². The van der Waals surface area contributed by atoms with Crippen LogP contribution in [0.4, 0.5) is 17.1 Å². The highest BCUT2D eigenvalue weighted by molar-refractivity contribution is 6.42. The van der Waals surface area contributed by atoms with Gasteiger partial charge in [0.05, 0.1) is 5.69 Å². The van der Waals surface area contributed by atoms with E-state index < -0.39 is 0 Å². The van der Waals surface area contributed by atoms with E-state index in [0.717, 1.165) is 11.4 Å². The Kier molecular flexibility index (Phi) is 4.91. The van der Waals surface area contributed by atoms with Crippen molar-refractivity contribution in [2.75, 3.05) is 4.90 Å². The molecule has 0 aliphatic carbocycles. The molecule has 0 fully saturated rings. The zero-order valence-corrected chi connectivity index (χ0v) is 25.2. The second kappa shape index (κ2) is 8.94. The number of benzene rings is 8. The van der Waals surface area contributed by atoms with Crippen LogP contribution < -0.4 is 4.90 Å². The maximum atomic E-state index is 2.51. The molecule has 210 valence electrons. The first-order chi connectivity index (χ1) is 22.2. The molecule has 0 spiro atoms. The summed E-state index contributed by atoms with van der Waals surface area (Å²) in [6.07, 6.45) is 0. The number of rotatable bonds is 3. The van der Waals surface area contributed by atoms with Crippen molar-refractivity contribution >= 4 is 92.5 Å². The summed E-state index contributed by atoms with van der Waals surface area (Å²) in [5.74, 6) is 0. The molecule has 0 heterocycles. The molecule has 0 saturated carbocycles. The minimum atomic E-state index is 1.15. The van der Waals surface area contributed by atoms with E-state index in [9.17, 15) is 0 Å². The van der Waals surface area contributed by atoms with Crippen molar-refractivity contribution in [2.24, 2.45) is 0 Å². The lowest BCUT2D eigenvalue weighted by atomic mass is 9.93. The van der Waals surface area contributed by atoms with Crippen LogP contribution in [0, 0.1) is 13.8 Å². The molecule has 10 rings (SSSR count). The van der Waals surface area contributed by atoms with E-state index in [4.69, 9.17) is 0 Å². The standard InChI is InChI=1S/C44H29N/c1-26-20-28-21-27(2)23-39-37-25-40-35(24-36(37)38(22-26)41(28)39)34-19-11-18-32-31-16-9-10-17-33(31)43(42(32)34)44(40)45(29-12-5-3-6-13-29)30-14-7-4-8-15-30/h3-25H,1-2H3. The lowest BCUT2D eigenvalue weighted by Gasteiger charge is -2.28. The number of para-hydroxylation sites is 2. The van der Waals surface area contributed by atoms with E-state index in [1.807, 2.05) is 0 Å². The second-order valence-electron chi connectivity index (χ2n) is 12.7. The molecule has 0 aliphatic heterocycles. The highest BCUT2D eigenvalue weighted by atomic mass is 15.1. The molecular weight excluding hydrogens is 542 g/mol. The van der Waals surface area contributed by atoms with Gasteiger partial charge in [0.2, 0.25) is 0 Å². The summed E-state index contributed by atoms with van der Waals surface area (Å²) in [5.41, 5.74) is 6.15. The van der Waals surface area contributed by atoms with Crippen LogP contribution in [0.2, 0.25) is 0 Å². The summed E-state index contributed by atoms with van der Waals surface area (Å²) in [7, 11) is 0. The Hall–Kier alpha value is -5.66. The van der Waals surface area contributed by atoms with Gasteiger partial charge in [-0.1, -0.05) is 103 Å². The first-order valence-electron chi connectivity index (χ1n) is 15.8. The normalized spacial score (nSPS) is 12.2. The summed E-state index contributed by atoms with van der Waals surface area (Å²) < 4.78 is 0. The highest BCUT2D eigenvalue weighted by Crippen LogP contribution is 2.53. The predicted octanol–water partition coefficient (Wildman–Crippen LogP) is 12.7. The number of aryl methyl sites for hydroxylation is 2. The van der Waals surface area contributed by atoms with Crippen LogP contribution in [-0.4, -0.2) is 0 Å². The zero-order chi connectivity index (χ0) is 29.8. The van der Waals surface area contributed by atoms with Crippen LogP contribution in [-0.2, 0) is 0 Å². The smallest absolute Gasteiger partial charge is 0.0625 e. The Morgan fingerprint density at radius 1 is 0.333 bits per heavy atom. The van der Waals surface area contributed by atoms with Gasteiger partial charge in [-0.25, -0.2) is 0 Å². The van der Waals surface area contributed by atoms with Crippen LogP contribution >= 0.6 is 0 Å². The van der Waals surface area contributed by atoms with E-state index >= 15 is 0 Å². The van der Waals surface area contributed by atoms with Gasteiger partial charge in [-0.15, -0.1) is 0 Å². The van der Waals surface area contributed by atoms with Gasteiger partial charge in [0.25, 0.3) is 0 Å². The Bertz CT molecular complexity index is 2710. The molecule has 0 aromatic heterocycles. The fourth-order valence-corrected chi connectivity index (χ4v) is 8.22. The molecule has 0 atom stereocenters. The molecule has 0 unspecified atom stereocenters. The molecule has 0 bridgehead atoms. The minimum absolute atomic E-state index is 1.15. The van der Waals surface area contributed by atoms with Crippen molar-refractivity contribution in [2.45, 2.75) is 13.8 Å². The summed E-state index contributed by atoms with van der Waals surface area (Å²) in [4.78, 5) is 2.49. The molecule has 1 nitrogen and oxygen atoms in total. The molecule has 45 heavy (non-hydrogen) atoms. The van der Waals surface area contributed by atoms with Gasteiger partial charge >= 0.3 is 0 Å². The summed E-state index contributed by atoms with van der Waals surface area (Å²) >= 11 is 0. The van der Waals surface area contributed by atoms with Crippen molar-refractivity contribution in [3.63, 3.8) is 0 Å². The Labute approximate surface area is 261 Å². The van der Waals surface area contributed by atoms with Gasteiger partial charge in [-0.05, 0) is 121 Å². The molecule has 0 radical (unpaired) electrons. The predicted molar refractivity (Wildman–Crippen MR) is 196 cm³/mol. The Balaban J connectivity index is 1.51. The first-order valence-corrected chi connectivity index (χ1v) is 15.8. The molecule has 0 saturated heterocycles. The minimum Gasteiger partial charge on any atom is -0.309 e. The molecule has 0 aliphatic rings. The topological polar surface area (TPSA) is 3.24 Å². The largest absolute Gasteiger partial charge is 0.309 e. The van der Waals surface area contributed by atoms with Gasteiger partial charge < -0.3 is 4.90 Å². The maximum Gasteiger partial charge on any atom is 0.0625 e. The van der Waals surface area contributed by atoms with Crippen LogP contribution in [0.25, 0.3) is 75.4 Å². The molecule has 0 N–H and O–H groups in total. The average Bonchev–Trinajstić information content (AvgIpc) is 3.56. The van der Waals surface area contributed by atoms with Crippen LogP contribution in [0.3, 0.4) is 0 Å². The van der Waals surface area contributed by atoms with E-state index in [-0.39, 0.29) is 0 Å². The van der Waals surface area contributed by atoms with Gasteiger partial charge in [0.1, 0.15) is 0 Å². The Morgan fingerprint density at radius 2 is 0.800 bits per heavy atom. The van der Waals surface area contributed by atoms with Gasteiger partial charge in [0, 0.05) is 27.5 Å². The van der Waals surface area contributed by atoms with E-state index in [2.05, 4.69) is 158 Å². The fourth-order valence-electron chi connectivity index (χ4n) is 8.22.